The number of anilines is 1. The molecule has 0 saturated carbocycles. The second kappa shape index (κ2) is 9.49. The Morgan fingerprint density at radius 1 is 1.08 bits per heavy atom. The number of benzene rings is 2. The number of para-hydroxylation sites is 1. The summed E-state index contributed by atoms with van der Waals surface area (Å²) in [6, 6.07) is 14.6. The van der Waals surface area contributed by atoms with Crippen molar-refractivity contribution < 1.29 is 9.59 Å². The number of carbonyl (C=O) groups excluding carboxylic acids is 2. The van der Waals surface area contributed by atoms with Crippen LogP contribution in [-0.4, -0.2) is 23.6 Å². The highest BCUT2D eigenvalue weighted by molar-refractivity contribution is 7.99. The molecule has 2 amide bonds. The van der Waals surface area contributed by atoms with Gasteiger partial charge in [-0.3, -0.25) is 9.59 Å². The molecule has 0 unspecified atom stereocenters. The van der Waals surface area contributed by atoms with Crippen molar-refractivity contribution in [2.45, 2.75) is 25.6 Å². The lowest BCUT2D eigenvalue weighted by Gasteiger charge is -2.13. The fraction of sp³-hybridized carbons (Fsp3) is 0.263. The number of hydrogen-bond donors (Lipinski definition) is 2. The Hall–Kier alpha value is -1.98. The molecule has 25 heavy (non-hydrogen) atoms. The topological polar surface area (TPSA) is 58.2 Å². The van der Waals surface area contributed by atoms with Gasteiger partial charge < -0.3 is 10.6 Å². The summed E-state index contributed by atoms with van der Waals surface area (Å²) < 4.78 is 0. The second-order valence-electron chi connectivity index (χ2n) is 5.81. The molecule has 0 radical (unpaired) electrons. The first-order chi connectivity index (χ1) is 12.0. The number of rotatable bonds is 7. The maximum absolute atomic E-state index is 12.2. The van der Waals surface area contributed by atoms with Crippen LogP contribution in [0.5, 0.6) is 0 Å². The van der Waals surface area contributed by atoms with Gasteiger partial charge in [-0.05, 0) is 37.6 Å². The molecule has 0 heterocycles. The predicted octanol–water partition coefficient (Wildman–Crippen LogP) is 4.35. The van der Waals surface area contributed by atoms with Gasteiger partial charge in [-0.2, -0.15) is 0 Å². The lowest BCUT2D eigenvalue weighted by atomic mass is 10.1. The smallest absolute Gasteiger partial charge is 0.253 e. The van der Waals surface area contributed by atoms with Crippen LogP contribution in [-0.2, 0) is 10.5 Å². The highest BCUT2D eigenvalue weighted by Gasteiger charge is 2.13. The molecule has 0 bridgehead atoms. The molecule has 2 aromatic carbocycles. The van der Waals surface area contributed by atoms with Crippen LogP contribution in [0.2, 0.25) is 5.02 Å². The van der Waals surface area contributed by atoms with E-state index in [2.05, 4.69) is 10.6 Å². The normalized spacial score (nSPS) is 10.6. The molecule has 4 nitrogen and oxygen atoms in total. The zero-order chi connectivity index (χ0) is 18.2. The van der Waals surface area contributed by atoms with E-state index in [1.165, 1.54) is 11.8 Å². The van der Waals surface area contributed by atoms with Gasteiger partial charge in [0.05, 0.1) is 17.0 Å². The molecule has 2 N–H and O–H groups in total. The van der Waals surface area contributed by atoms with Crippen molar-refractivity contribution in [1.29, 1.82) is 0 Å². The van der Waals surface area contributed by atoms with E-state index in [0.29, 0.717) is 22.0 Å². The summed E-state index contributed by atoms with van der Waals surface area (Å²) in [4.78, 5) is 24.4. The van der Waals surface area contributed by atoms with Gasteiger partial charge >= 0.3 is 0 Å². The van der Waals surface area contributed by atoms with Crippen LogP contribution in [0.3, 0.4) is 0 Å². The Morgan fingerprint density at radius 3 is 2.48 bits per heavy atom. The number of nitrogens with one attached hydrogen (secondary N) is 2. The average Bonchev–Trinajstić information content (AvgIpc) is 2.56. The fourth-order valence-electron chi connectivity index (χ4n) is 2.19. The van der Waals surface area contributed by atoms with Crippen LogP contribution < -0.4 is 10.6 Å². The molecule has 0 atom stereocenters. The Kier molecular flexibility index (Phi) is 7.34. The van der Waals surface area contributed by atoms with E-state index in [1.54, 1.807) is 24.3 Å². The van der Waals surface area contributed by atoms with Crippen molar-refractivity contribution in [2.24, 2.45) is 0 Å². The molecule has 132 valence electrons. The van der Waals surface area contributed by atoms with Crippen molar-refractivity contribution in [2.75, 3.05) is 11.1 Å². The van der Waals surface area contributed by atoms with Crippen molar-refractivity contribution in [1.82, 2.24) is 5.32 Å². The molecule has 0 aromatic heterocycles. The number of carbonyl (C=O) groups is 2. The first kappa shape index (κ1) is 19.3. The third-order valence-electron chi connectivity index (χ3n) is 3.31. The Bertz CT molecular complexity index is 750. The Morgan fingerprint density at radius 2 is 1.76 bits per heavy atom. The van der Waals surface area contributed by atoms with Crippen molar-refractivity contribution in [3.63, 3.8) is 0 Å². The number of thioether (sulfide) groups is 1. The van der Waals surface area contributed by atoms with E-state index in [4.69, 9.17) is 11.6 Å². The minimum atomic E-state index is -0.199. The van der Waals surface area contributed by atoms with Gasteiger partial charge in [-0.1, -0.05) is 41.9 Å². The van der Waals surface area contributed by atoms with Crippen LogP contribution in [0.25, 0.3) is 0 Å². The zero-order valence-corrected chi connectivity index (χ0v) is 15.8. The monoisotopic (exact) mass is 376 g/mol. The number of halogens is 1. The second-order valence-corrected chi connectivity index (χ2v) is 7.20. The van der Waals surface area contributed by atoms with Crippen molar-refractivity contribution >= 4 is 40.9 Å². The standard InChI is InChI=1S/C19H21ClN2O2S/c1-13(2)21-19(24)15-8-4-6-10-17(15)22-18(23)12-25-11-14-7-3-5-9-16(14)20/h3-10,13H,11-12H2,1-2H3,(H,21,24)(H,22,23). The van der Waals surface area contributed by atoms with Crippen LogP contribution in [0.15, 0.2) is 48.5 Å². The van der Waals surface area contributed by atoms with Gasteiger partial charge in [0.2, 0.25) is 5.91 Å². The van der Waals surface area contributed by atoms with E-state index >= 15 is 0 Å². The molecule has 2 rings (SSSR count). The third-order valence-corrected chi connectivity index (χ3v) is 4.66. The average molecular weight is 377 g/mol. The molecule has 0 aliphatic heterocycles. The summed E-state index contributed by atoms with van der Waals surface area (Å²) in [5, 5.41) is 6.35. The molecule has 2 aromatic rings. The lowest BCUT2D eigenvalue weighted by molar-refractivity contribution is -0.113. The molecule has 0 aliphatic rings. The van der Waals surface area contributed by atoms with Gasteiger partial charge in [0.25, 0.3) is 5.91 Å². The SMILES string of the molecule is CC(C)NC(=O)c1ccccc1NC(=O)CSCc1ccccc1Cl. The number of hydrogen-bond acceptors (Lipinski definition) is 3. The van der Waals surface area contributed by atoms with Gasteiger partial charge in [0.1, 0.15) is 0 Å². The highest BCUT2D eigenvalue weighted by atomic mass is 35.5. The summed E-state index contributed by atoms with van der Waals surface area (Å²) in [6.07, 6.45) is 0. The van der Waals surface area contributed by atoms with E-state index in [-0.39, 0.29) is 23.6 Å². The molecule has 0 aliphatic carbocycles. The Labute approximate surface area is 157 Å². The molecule has 6 heteroatoms. The maximum Gasteiger partial charge on any atom is 0.253 e. The summed E-state index contributed by atoms with van der Waals surface area (Å²) >= 11 is 7.58. The van der Waals surface area contributed by atoms with Crippen LogP contribution in [0.4, 0.5) is 5.69 Å². The summed E-state index contributed by atoms with van der Waals surface area (Å²) in [5.41, 5.74) is 1.98. The summed E-state index contributed by atoms with van der Waals surface area (Å²) in [5.74, 6) is 0.588. The molecule has 0 spiro atoms. The summed E-state index contributed by atoms with van der Waals surface area (Å²) in [7, 11) is 0. The largest absolute Gasteiger partial charge is 0.350 e. The first-order valence-electron chi connectivity index (χ1n) is 7.98. The molecular formula is C19H21ClN2O2S. The number of amides is 2. The highest BCUT2D eigenvalue weighted by Crippen LogP contribution is 2.21. The minimum Gasteiger partial charge on any atom is -0.350 e. The fourth-order valence-corrected chi connectivity index (χ4v) is 3.30. The Balaban J connectivity index is 1.92. The first-order valence-corrected chi connectivity index (χ1v) is 9.51. The van der Waals surface area contributed by atoms with Crippen LogP contribution >= 0.6 is 23.4 Å². The van der Waals surface area contributed by atoms with Gasteiger partial charge in [0.15, 0.2) is 0 Å². The van der Waals surface area contributed by atoms with Gasteiger partial charge in [-0.25, -0.2) is 0 Å². The van der Waals surface area contributed by atoms with Gasteiger partial charge in [-0.15, -0.1) is 11.8 Å². The third kappa shape index (κ3) is 6.11. The zero-order valence-electron chi connectivity index (χ0n) is 14.2. The van der Waals surface area contributed by atoms with E-state index in [9.17, 15) is 9.59 Å². The van der Waals surface area contributed by atoms with E-state index < -0.39 is 0 Å². The minimum absolute atomic E-state index is 0.0300. The lowest BCUT2D eigenvalue weighted by Crippen LogP contribution is -2.31. The molecule has 0 saturated heterocycles. The molecule has 0 fully saturated rings. The molecular weight excluding hydrogens is 356 g/mol. The van der Waals surface area contributed by atoms with Crippen molar-refractivity contribution in [3.8, 4) is 0 Å². The van der Waals surface area contributed by atoms with Crippen molar-refractivity contribution in [3.05, 3.63) is 64.7 Å². The quantitative estimate of drug-likeness (QED) is 0.755. The van der Waals surface area contributed by atoms with Gasteiger partial charge in [0, 0.05) is 16.8 Å². The predicted molar refractivity (Wildman–Crippen MR) is 105 cm³/mol. The van der Waals surface area contributed by atoms with E-state index in [1.807, 2.05) is 38.1 Å². The maximum atomic E-state index is 12.2. The summed E-state index contributed by atoms with van der Waals surface area (Å²) in [6.45, 7) is 3.79. The van der Waals surface area contributed by atoms with E-state index in [0.717, 1.165) is 5.56 Å². The van der Waals surface area contributed by atoms with Crippen LogP contribution in [0.1, 0.15) is 29.8 Å². The van der Waals surface area contributed by atoms with Crippen LogP contribution in [0, 0.1) is 0 Å².